The highest BCUT2D eigenvalue weighted by Crippen LogP contribution is 2.04. The maximum atomic E-state index is 10.6. The number of carbonyl (C=O) groups is 1. The number of hydrogen-bond acceptors (Lipinski definition) is 3. The molecule has 0 amide bonds. The Morgan fingerprint density at radius 3 is 3.08 bits per heavy atom. The molecule has 2 heterocycles. The zero-order chi connectivity index (χ0) is 9.42. The van der Waals surface area contributed by atoms with Crippen molar-refractivity contribution in [3.8, 4) is 0 Å². The Hall–Kier alpha value is -1.91. The van der Waals surface area contributed by atoms with Gasteiger partial charge in [0.05, 0.1) is 11.3 Å². The molecule has 0 radical (unpaired) electrons. The molecular weight excluding hydrogens is 170 g/mol. The lowest BCUT2D eigenvalue weighted by Gasteiger charge is -1.94. The summed E-state index contributed by atoms with van der Waals surface area (Å²) in [5.74, 6) is -0.998. The Morgan fingerprint density at radius 1 is 1.62 bits per heavy atom. The lowest BCUT2D eigenvalue weighted by molar-refractivity contribution is 0.0695. The molecule has 0 unspecified atom stereocenters. The fourth-order valence-electron chi connectivity index (χ4n) is 1.11. The number of aromatic carboxylic acids is 1. The van der Waals surface area contributed by atoms with E-state index in [4.69, 9.17) is 5.11 Å². The summed E-state index contributed by atoms with van der Waals surface area (Å²) in [5, 5.41) is 12.7. The third-order valence-electron chi connectivity index (χ3n) is 1.68. The molecule has 66 valence electrons. The van der Waals surface area contributed by atoms with Crippen LogP contribution in [0.4, 0.5) is 0 Å². The lowest BCUT2D eigenvalue weighted by atomic mass is 10.3. The van der Waals surface area contributed by atoms with Crippen LogP contribution in [0.25, 0.3) is 5.65 Å². The number of fused-ring (bicyclic) bond motifs is 1. The highest BCUT2D eigenvalue weighted by Gasteiger charge is 2.05. The fraction of sp³-hybridized carbons (Fsp3) is 0.125. The van der Waals surface area contributed by atoms with Crippen molar-refractivity contribution in [2.24, 2.45) is 0 Å². The Kier molecular flexibility index (Phi) is 1.51. The first-order valence-electron chi connectivity index (χ1n) is 3.72. The summed E-state index contributed by atoms with van der Waals surface area (Å²) in [7, 11) is 0. The first-order chi connectivity index (χ1) is 6.16. The zero-order valence-corrected chi connectivity index (χ0v) is 6.93. The van der Waals surface area contributed by atoms with E-state index in [1.807, 2.05) is 6.92 Å². The van der Waals surface area contributed by atoms with Gasteiger partial charge in [0, 0.05) is 18.5 Å². The van der Waals surface area contributed by atoms with E-state index >= 15 is 0 Å². The van der Waals surface area contributed by atoms with Crippen LogP contribution >= 0.6 is 0 Å². The Labute approximate surface area is 73.6 Å². The molecule has 1 N–H and O–H groups in total. The van der Waals surface area contributed by atoms with Crippen LogP contribution in [0.5, 0.6) is 0 Å². The van der Waals surface area contributed by atoms with E-state index in [1.54, 1.807) is 6.07 Å². The van der Waals surface area contributed by atoms with Crippen molar-refractivity contribution in [1.82, 2.24) is 14.6 Å². The van der Waals surface area contributed by atoms with E-state index in [0.717, 1.165) is 5.69 Å². The second-order valence-corrected chi connectivity index (χ2v) is 2.74. The van der Waals surface area contributed by atoms with E-state index in [-0.39, 0.29) is 5.56 Å². The van der Waals surface area contributed by atoms with Crippen LogP contribution < -0.4 is 0 Å². The Balaban J connectivity index is 2.67. The third kappa shape index (κ3) is 1.24. The van der Waals surface area contributed by atoms with Gasteiger partial charge in [0.2, 0.25) is 0 Å². The summed E-state index contributed by atoms with van der Waals surface area (Å²) in [6.07, 6.45) is 2.76. The summed E-state index contributed by atoms with van der Waals surface area (Å²) < 4.78 is 1.46. The number of aromatic nitrogens is 3. The summed E-state index contributed by atoms with van der Waals surface area (Å²) in [4.78, 5) is 14.5. The molecule has 0 aromatic carbocycles. The fourth-order valence-corrected chi connectivity index (χ4v) is 1.11. The first kappa shape index (κ1) is 7.72. The molecule has 5 nitrogen and oxygen atoms in total. The molecule has 13 heavy (non-hydrogen) atoms. The van der Waals surface area contributed by atoms with Crippen molar-refractivity contribution in [3.63, 3.8) is 0 Å². The van der Waals surface area contributed by atoms with Crippen molar-refractivity contribution >= 4 is 11.6 Å². The van der Waals surface area contributed by atoms with Crippen LogP contribution in [0.15, 0.2) is 18.5 Å². The monoisotopic (exact) mass is 177 g/mol. The summed E-state index contributed by atoms with van der Waals surface area (Å²) in [6.45, 7) is 1.83. The Morgan fingerprint density at radius 2 is 2.38 bits per heavy atom. The summed E-state index contributed by atoms with van der Waals surface area (Å²) in [6, 6.07) is 1.78. The predicted molar refractivity (Wildman–Crippen MR) is 44.7 cm³/mol. The van der Waals surface area contributed by atoms with Crippen LogP contribution in [0, 0.1) is 6.92 Å². The lowest BCUT2D eigenvalue weighted by Crippen LogP contribution is -2.00. The largest absolute Gasteiger partial charge is 0.478 e. The molecule has 0 saturated carbocycles. The topological polar surface area (TPSA) is 67.5 Å². The molecule has 5 heteroatoms. The van der Waals surface area contributed by atoms with E-state index in [2.05, 4.69) is 10.1 Å². The number of hydrogen-bond donors (Lipinski definition) is 1. The van der Waals surface area contributed by atoms with Crippen molar-refractivity contribution in [1.29, 1.82) is 0 Å². The smallest absolute Gasteiger partial charge is 0.338 e. The molecule has 2 aromatic heterocycles. The number of carboxylic acid groups (broad SMARTS) is 1. The van der Waals surface area contributed by atoms with E-state index in [1.165, 1.54) is 16.9 Å². The minimum atomic E-state index is -0.998. The maximum absolute atomic E-state index is 10.6. The average Bonchev–Trinajstić information content (AvgIpc) is 2.42. The van der Waals surface area contributed by atoms with Gasteiger partial charge < -0.3 is 5.11 Å². The maximum Gasteiger partial charge on any atom is 0.338 e. The SMILES string of the molecule is Cc1cc2ncc(C(=O)O)cn2n1. The van der Waals surface area contributed by atoms with Crippen molar-refractivity contribution in [2.45, 2.75) is 6.92 Å². The number of aryl methyl sites for hydroxylation is 1. The van der Waals surface area contributed by atoms with Crippen LogP contribution in [0.3, 0.4) is 0 Å². The molecule has 0 fully saturated rings. The number of carboxylic acids is 1. The number of nitrogens with zero attached hydrogens (tertiary/aromatic N) is 3. The van der Waals surface area contributed by atoms with Gasteiger partial charge in [-0.3, -0.25) is 0 Å². The first-order valence-corrected chi connectivity index (χ1v) is 3.72. The molecule has 0 bridgehead atoms. The van der Waals surface area contributed by atoms with Gasteiger partial charge >= 0.3 is 5.97 Å². The molecule has 0 aliphatic carbocycles. The standard InChI is InChI=1S/C8H7N3O2/c1-5-2-7-9-3-6(8(12)13)4-11(7)10-5/h2-4H,1H3,(H,12,13). The summed E-state index contributed by atoms with van der Waals surface area (Å²) >= 11 is 0. The van der Waals surface area contributed by atoms with Crippen LogP contribution in [0.1, 0.15) is 16.1 Å². The second kappa shape index (κ2) is 2.55. The molecule has 0 atom stereocenters. The average molecular weight is 177 g/mol. The third-order valence-corrected chi connectivity index (χ3v) is 1.68. The van der Waals surface area contributed by atoms with Crippen LogP contribution in [-0.2, 0) is 0 Å². The molecule has 2 rings (SSSR count). The van der Waals surface area contributed by atoms with Gasteiger partial charge in [-0.1, -0.05) is 0 Å². The minimum absolute atomic E-state index is 0.135. The van der Waals surface area contributed by atoms with Gasteiger partial charge in [0.1, 0.15) is 0 Å². The van der Waals surface area contributed by atoms with Crippen LogP contribution in [0.2, 0.25) is 0 Å². The van der Waals surface area contributed by atoms with Gasteiger partial charge in [-0.05, 0) is 6.92 Å². The van der Waals surface area contributed by atoms with Crippen molar-refractivity contribution < 1.29 is 9.90 Å². The van der Waals surface area contributed by atoms with Gasteiger partial charge in [0.25, 0.3) is 0 Å². The second-order valence-electron chi connectivity index (χ2n) is 2.74. The zero-order valence-electron chi connectivity index (χ0n) is 6.93. The molecule has 0 aliphatic heterocycles. The van der Waals surface area contributed by atoms with E-state index in [9.17, 15) is 4.79 Å². The van der Waals surface area contributed by atoms with Gasteiger partial charge in [-0.2, -0.15) is 5.10 Å². The van der Waals surface area contributed by atoms with Crippen LogP contribution in [-0.4, -0.2) is 25.7 Å². The number of rotatable bonds is 1. The van der Waals surface area contributed by atoms with Gasteiger partial charge in [0.15, 0.2) is 5.65 Å². The van der Waals surface area contributed by atoms with E-state index in [0.29, 0.717) is 5.65 Å². The highest BCUT2D eigenvalue weighted by molar-refractivity contribution is 5.87. The molecular formula is C8H7N3O2. The minimum Gasteiger partial charge on any atom is -0.478 e. The van der Waals surface area contributed by atoms with Crippen molar-refractivity contribution in [2.75, 3.05) is 0 Å². The predicted octanol–water partition coefficient (Wildman–Crippen LogP) is 0.736. The molecule has 0 aliphatic rings. The van der Waals surface area contributed by atoms with Crippen molar-refractivity contribution in [3.05, 3.63) is 29.7 Å². The Bertz CT molecular complexity index is 475. The molecule has 0 saturated heterocycles. The normalized spacial score (nSPS) is 10.5. The van der Waals surface area contributed by atoms with Gasteiger partial charge in [-0.15, -0.1) is 0 Å². The summed E-state index contributed by atoms with van der Waals surface area (Å²) in [5.41, 5.74) is 1.60. The quantitative estimate of drug-likeness (QED) is 0.697. The molecule has 0 spiro atoms. The molecule has 2 aromatic rings. The van der Waals surface area contributed by atoms with Gasteiger partial charge in [-0.25, -0.2) is 14.3 Å². The van der Waals surface area contributed by atoms with E-state index < -0.39 is 5.97 Å². The highest BCUT2D eigenvalue weighted by atomic mass is 16.4.